The highest BCUT2D eigenvalue weighted by molar-refractivity contribution is 8.32. The number of nitrogens with two attached hydrogens (primary N) is 1. The van der Waals surface area contributed by atoms with Crippen molar-refractivity contribution < 1.29 is 0 Å². The average molecular weight is 177 g/mol. The molecule has 0 aromatic rings. The Labute approximate surface area is 70.3 Å². The Kier molecular flexibility index (Phi) is 4.38. The SMILES string of the molecule is CC(C)NC(=S)SC(=N)N. The molecule has 0 aromatic carbocycles. The molecule has 0 fully saturated rings. The molecule has 0 aliphatic rings. The maximum Gasteiger partial charge on any atom is 0.158 e. The minimum Gasteiger partial charge on any atom is -0.378 e. The van der Waals surface area contributed by atoms with E-state index in [1.807, 2.05) is 13.8 Å². The molecule has 4 N–H and O–H groups in total. The van der Waals surface area contributed by atoms with Gasteiger partial charge in [0.25, 0.3) is 0 Å². The van der Waals surface area contributed by atoms with Gasteiger partial charge in [0, 0.05) is 6.04 Å². The largest absolute Gasteiger partial charge is 0.378 e. The summed E-state index contributed by atoms with van der Waals surface area (Å²) in [5.41, 5.74) is 5.09. The van der Waals surface area contributed by atoms with Crippen LogP contribution in [0, 0.1) is 5.41 Å². The molecule has 0 rings (SSSR count). The van der Waals surface area contributed by atoms with Gasteiger partial charge in [0.05, 0.1) is 0 Å². The Hall–Kier alpha value is -0.290. The Bertz CT molecular complexity index is 144. The highest BCUT2D eigenvalue weighted by Crippen LogP contribution is 2.00. The Morgan fingerprint density at radius 1 is 1.70 bits per heavy atom. The first kappa shape index (κ1) is 9.71. The van der Waals surface area contributed by atoms with Gasteiger partial charge >= 0.3 is 0 Å². The Balaban J connectivity index is 3.54. The fourth-order valence-electron chi connectivity index (χ4n) is 0.365. The van der Waals surface area contributed by atoms with Crippen LogP contribution >= 0.6 is 24.0 Å². The van der Waals surface area contributed by atoms with Gasteiger partial charge in [0.15, 0.2) is 5.17 Å². The zero-order chi connectivity index (χ0) is 8.15. The van der Waals surface area contributed by atoms with Crippen molar-refractivity contribution in [3.8, 4) is 0 Å². The lowest BCUT2D eigenvalue weighted by Gasteiger charge is -2.08. The number of rotatable bonds is 1. The molecule has 0 radical (unpaired) electrons. The van der Waals surface area contributed by atoms with Gasteiger partial charge < -0.3 is 11.1 Å². The second-order valence-electron chi connectivity index (χ2n) is 2.05. The third-order valence-corrected chi connectivity index (χ3v) is 1.50. The molecular weight excluding hydrogens is 166 g/mol. The molecule has 0 aromatic heterocycles. The van der Waals surface area contributed by atoms with Gasteiger partial charge in [-0.2, -0.15) is 0 Å². The highest BCUT2D eigenvalue weighted by Gasteiger charge is 1.99. The van der Waals surface area contributed by atoms with Crippen molar-refractivity contribution in [1.82, 2.24) is 5.32 Å². The van der Waals surface area contributed by atoms with Crippen molar-refractivity contribution in [2.75, 3.05) is 0 Å². The van der Waals surface area contributed by atoms with Crippen LogP contribution in [-0.4, -0.2) is 15.5 Å². The zero-order valence-electron chi connectivity index (χ0n) is 5.97. The number of hydrogen-bond donors (Lipinski definition) is 3. The smallest absolute Gasteiger partial charge is 0.158 e. The molecule has 0 bridgehead atoms. The summed E-state index contributed by atoms with van der Waals surface area (Å²) in [6, 6.07) is 0.305. The first-order valence-corrected chi connectivity index (χ1v) is 4.07. The molecule has 0 saturated carbocycles. The maximum absolute atomic E-state index is 6.88. The molecule has 0 atom stereocenters. The molecule has 10 heavy (non-hydrogen) atoms. The van der Waals surface area contributed by atoms with Crippen molar-refractivity contribution in [2.24, 2.45) is 5.73 Å². The standard InChI is InChI=1S/C5H11N3S2/c1-3(2)8-5(9)10-4(6)7/h3H,1-2H3,(H3,6,7)(H,8,9). The summed E-state index contributed by atoms with van der Waals surface area (Å²) < 4.78 is 0.558. The summed E-state index contributed by atoms with van der Waals surface area (Å²) in [4.78, 5) is 0. The van der Waals surface area contributed by atoms with Crippen molar-refractivity contribution in [2.45, 2.75) is 19.9 Å². The summed E-state index contributed by atoms with van der Waals surface area (Å²) in [7, 11) is 0. The molecule has 0 unspecified atom stereocenters. The first-order chi connectivity index (χ1) is 4.52. The van der Waals surface area contributed by atoms with Crippen molar-refractivity contribution in [1.29, 1.82) is 5.41 Å². The third-order valence-electron chi connectivity index (χ3n) is 0.609. The van der Waals surface area contributed by atoms with Crippen LogP contribution in [0.3, 0.4) is 0 Å². The van der Waals surface area contributed by atoms with E-state index in [1.54, 1.807) is 0 Å². The van der Waals surface area contributed by atoms with Gasteiger partial charge in [-0.1, -0.05) is 12.2 Å². The lowest BCUT2D eigenvalue weighted by molar-refractivity contribution is 0.747. The van der Waals surface area contributed by atoms with Gasteiger partial charge in [-0.3, -0.25) is 5.41 Å². The molecule has 58 valence electrons. The second kappa shape index (κ2) is 4.51. The van der Waals surface area contributed by atoms with Crippen LogP contribution in [0.15, 0.2) is 0 Å². The molecule has 0 saturated heterocycles. The van der Waals surface area contributed by atoms with E-state index in [1.165, 1.54) is 0 Å². The molecule has 0 amide bonds. The predicted molar refractivity (Wildman–Crippen MR) is 50.4 cm³/mol. The maximum atomic E-state index is 6.88. The number of nitrogens with one attached hydrogen (secondary N) is 2. The predicted octanol–water partition coefficient (Wildman–Crippen LogP) is 0.896. The lowest BCUT2D eigenvalue weighted by atomic mass is 10.4. The van der Waals surface area contributed by atoms with Crippen LogP contribution < -0.4 is 11.1 Å². The first-order valence-electron chi connectivity index (χ1n) is 2.84. The second-order valence-corrected chi connectivity index (χ2v) is 3.77. The van der Waals surface area contributed by atoms with Gasteiger partial charge in [0.1, 0.15) is 4.32 Å². The van der Waals surface area contributed by atoms with E-state index in [0.717, 1.165) is 11.8 Å². The number of hydrogen-bond acceptors (Lipinski definition) is 3. The van der Waals surface area contributed by atoms with Crippen molar-refractivity contribution >= 4 is 33.5 Å². The lowest BCUT2D eigenvalue weighted by Crippen LogP contribution is -2.28. The van der Waals surface area contributed by atoms with Gasteiger partial charge in [-0.15, -0.1) is 0 Å². The van der Waals surface area contributed by atoms with Gasteiger partial charge in [-0.05, 0) is 25.6 Å². The zero-order valence-corrected chi connectivity index (χ0v) is 7.60. The fourth-order valence-corrected chi connectivity index (χ4v) is 1.36. The van der Waals surface area contributed by atoms with Crippen LogP contribution in [0.25, 0.3) is 0 Å². The van der Waals surface area contributed by atoms with E-state index in [0.29, 0.717) is 10.4 Å². The summed E-state index contributed by atoms with van der Waals surface area (Å²) in [5, 5.41) is 9.86. The summed E-state index contributed by atoms with van der Waals surface area (Å²) in [5.74, 6) is 0. The van der Waals surface area contributed by atoms with Crippen molar-refractivity contribution in [3.63, 3.8) is 0 Å². The monoisotopic (exact) mass is 177 g/mol. The van der Waals surface area contributed by atoms with Crippen LogP contribution in [0.1, 0.15) is 13.8 Å². The molecule has 0 aliphatic carbocycles. The average Bonchev–Trinajstić information content (AvgIpc) is 1.58. The normalized spacial score (nSPS) is 9.50. The Morgan fingerprint density at radius 3 is 2.50 bits per heavy atom. The Morgan fingerprint density at radius 2 is 2.20 bits per heavy atom. The van der Waals surface area contributed by atoms with Crippen LogP contribution in [0.4, 0.5) is 0 Å². The minimum absolute atomic E-state index is 0.0261. The van der Waals surface area contributed by atoms with Gasteiger partial charge in [0.2, 0.25) is 0 Å². The van der Waals surface area contributed by atoms with E-state index in [2.05, 4.69) is 5.32 Å². The molecular formula is C5H11N3S2. The van der Waals surface area contributed by atoms with Crippen LogP contribution in [-0.2, 0) is 0 Å². The number of amidine groups is 1. The molecule has 0 aliphatic heterocycles. The van der Waals surface area contributed by atoms with E-state index < -0.39 is 0 Å². The number of thioether (sulfide) groups is 1. The topological polar surface area (TPSA) is 61.9 Å². The summed E-state index contributed by atoms with van der Waals surface area (Å²) >= 11 is 5.90. The summed E-state index contributed by atoms with van der Waals surface area (Å²) in [6.07, 6.45) is 0. The van der Waals surface area contributed by atoms with Crippen molar-refractivity contribution in [3.05, 3.63) is 0 Å². The van der Waals surface area contributed by atoms with E-state index >= 15 is 0 Å². The highest BCUT2D eigenvalue weighted by atomic mass is 32.2. The molecule has 5 heteroatoms. The molecule has 3 nitrogen and oxygen atoms in total. The quantitative estimate of drug-likeness (QED) is 0.316. The van der Waals surface area contributed by atoms with E-state index in [-0.39, 0.29) is 5.17 Å². The van der Waals surface area contributed by atoms with E-state index in [4.69, 9.17) is 23.4 Å². The minimum atomic E-state index is 0.0261. The van der Waals surface area contributed by atoms with E-state index in [9.17, 15) is 0 Å². The summed E-state index contributed by atoms with van der Waals surface area (Å²) in [6.45, 7) is 3.96. The van der Waals surface area contributed by atoms with Crippen LogP contribution in [0.2, 0.25) is 0 Å². The van der Waals surface area contributed by atoms with Gasteiger partial charge in [-0.25, -0.2) is 0 Å². The molecule has 0 spiro atoms. The van der Waals surface area contributed by atoms with Crippen LogP contribution in [0.5, 0.6) is 0 Å². The number of thiocarbonyl (C=S) groups is 1. The molecule has 0 heterocycles. The fraction of sp³-hybridized carbons (Fsp3) is 0.600. The third kappa shape index (κ3) is 5.84.